The Morgan fingerprint density at radius 3 is 1.82 bits per heavy atom. The van der Waals surface area contributed by atoms with Crippen molar-refractivity contribution in [3.63, 3.8) is 0 Å². The Morgan fingerprint density at radius 1 is 0.706 bits per heavy atom. The quantitative estimate of drug-likeness (QED) is 0.128. The molecule has 200 valence electrons. The van der Waals surface area contributed by atoms with Gasteiger partial charge >= 0.3 is 0 Å². The second kappa shape index (κ2) is 12.1. The first-order valence-corrected chi connectivity index (χ1v) is 11.0. The van der Waals surface area contributed by atoms with E-state index in [0.29, 0.717) is 0 Å². The summed E-state index contributed by atoms with van der Waals surface area (Å²) in [6.45, 7) is -0.0609. The van der Waals surface area contributed by atoms with Crippen molar-refractivity contribution in [3.05, 3.63) is 0 Å². The van der Waals surface area contributed by atoms with Gasteiger partial charge in [0.25, 0.3) is 0 Å². The molecule has 9 N–H and O–H groups in total. The van der Waals surface area contributed by atoms with Crippen LogP contribution in [0.15, 0.2) is 0 Å². The minimum absolute atomic E-state index is 0.159. The van der Waals surface area contributed by atoms with Crippen molar-refractivity contribution >= 4 is 0 Å². The molecule has 3 aliphatic heterocycles. The van der Waals surface area contributed by atoms with E-state index in [-0.39, 0.29) is 6.61 Å². The largest absolute Gasteiger partial charge is 0.394 e. The fourth-order valence-electron chi connectivity index (χ4n) is 4.06. The standard InChI is InChI=1S/C19H34O15/c1-2-29-17-14(28)11(25)16(34-17)8(32-19-12(26)9(23)7(4-21)31-19)5-30-18-13(27)10(24)15(33-18)6(22)3-20/h6-28H,2-5H2,1H3/t6-,7+,8-,9+,10+,11+,12-,13+,14+,15-,16-,17+,18+,19+/m0/s1. The molecule has 0 aromatic heterocycles. The Bertz CT molecular complexity index is 627. The summed E-state index contributed by atoms with van der Waals surface area (Å²) in [4.78, 5) is 0. The number of hydrogen-bond acceptors (Lipinski definition) is 15. The van der Waals surface area contributed by atoms with Crippen molar-refractivity contribution in [2.24, 2.45) is 0 Å². The molecular formula is C19H34O15. The van der Waals surface area contributed by atoms with Gasteiger partial charge in [-0.05, 0) is 6.92 Å². The van der Waals surface area contributed by atoms with Crippen LogP contribution in [0, 0.1) is 0 Å². The van der Waals surface area contributed by atoms with Crippen LogP contribution in [-0.2, 0) is 28.4 Å². The number of hydrogen-bond donors (Lipinski definition) is 9. The van der Waals surface area contributed by atoms with Crippen LogP contribution in [0.5, 0.6) is 0 Å². The van der Waals surface area contributed by atoms with E-state index in [9.17, 15) is 40.9 Å². The third-order valence-corrected chi connectivity index (χ3v) is 6.01. The molecule has 0 saturated carbocycles. The molecule has 0 bridgehead atoms. The third kappa shape index (κ3) is 5.69. The predicted molar refractivity (Wildman–Crippen MR) is 105 cm³/mol. The fourth-order valence-corrected chi connectivity index (χ4v) is 4.06. The molecule has 15 nitrogen and oxygen atoms in total. The molecule has 0 aliphatic carbocycles. The average molecular weight is 502 g/mol. The molecule has 0 aromatic rings. The monoisotopic (exact) mass is 502 g/mol. The molecule has 3 rings (SSSR count). The van der Waals surface area contributed by atoms with E-state index in [0.717, 1.165) is 0 Å². The van der Waals surface area contributed by atoms with Gasteiger partial charge in [0.2, 0.25) is 0 Å². The molecule has 34 heavy (non-hydrogen) atoms. The Hall–Kier alpha value is -0.600. The van der Waals surface area contributed by atoms with Gasteiger partial charge in [-0.1, -0.05) is 0 Å². The topological polar surface area (TPSA) is 237 Å². The van der Waals surface area contributed by atoms with E-state index in [2.05, 4.69) is 0 Å². The molecule has 3 aliphatic rings. The van der Waals surface area contributed by atoms with Gasteiger partial charge in [-0.15, -0.1) is 0 Å². The molecule has 3 fully saturated rings. The van der Waals surface area contributed by atoms with Crippen molar-refractivity contribution in [2.45, 2.75) is 92.9 Å². The first-order chi connectivity index (χ1) is 16.1. The predicted octanol–water partition coefficient (Wildman–Crippen LogP) is -5.89. The van der Waals surface area contributed by atoms with Crippen LogP contribution < -0.4 is 0 Å². The number of aliphatic hydroxyl groups excluding tert-OH is 9. The summed E-state index contributed by atoms with van der Waals surface area (Å²) < 4.78 is 32.5. The van der Waals surface area contributed by atoms with Crippen LogP contribution in [0.3, 0.4) is 0 Å². The molecule has 15 heteroatoms. The van der Waals surface area contributed by atoms with Crippen molar-refractivity contribution in [3.8, 4) is 0 Å². The highest BCUT2D eigenvalue weighted by molar-refractivity contribution is 4.95. The van der Waals surface area contributed by atoms with E-state index < -0.39 is 106 Å². The molecule has 0 spiro atoms. The summed E-state index contributed by atoms with van der Waals surface area (Å²) in [6.07, 6.45) is -20.0. The zero-order chi connectivity index (χ0) is 25.2. The van der Waals surface area contributed by atoms with Gasteiger partial charge in [0.05, 0.1) is 19.8 Å². The lowest BCUT2D eigenvalue weighted by Crippen LogP contribution is -2.47. The highest BCUT2D eigenvalue weighted by Crippen LogP contribution is 2.31. The number of aliphatic hydroxyl groups is 9. The van der Waals surface area contributed by atoms with Crippen molar-refractivity contribution in [2.75, 3.05) is 26.4 Å². The molecule has 0 amide bonds. The summed E-state index contributed by atoms with van der Waals surface area (Å²) in [5.74, 6) is 0. The van der Waals surface area contributed by atoms with E-state index in [1.54, 1.807) is 6.92 Å². The maximum atomic E-state index is 10.5. The van der Waals surface area contributed by atoms with Crippen LogP contribution in [0.1, 0.15) is 6.92 Å². The molecule has 14 atom stereocenters. The second-order valence-corrected chi connectivity index (χ2v) is 8.32. The first kappa shape index (κ1) is 28.0. The molecule has 0 unspecified atom stereocenters. The fraction of sp³-hybridized carbons (Fsp3) is 1.00. The van der Waals surface area contributed by atoms with E-state index in [1.807, 2.05) is 0 Å². The van der Waals surface area contributed by atoms with Gasteiger partial charge in [0, 0.05) is 6.61 Å². The summed E-state index contributed by atoms with van der Waals surface area (Å²) in [6, 6.07) is 0. The average Bonchev–Trinajstić information content (AvgIpc) is 3.38. The lowest BCUT2D eigenvalue weighted by atomic mass is 10.1. The Kier molecular flexibility index (Phi) is 9.95. The zero-order valence-corrected chi connectivity index (χ0v) is 18.4. The Labute approximate surface area is 194 Å². The summed E-state index contributed by atoms with van der Waals surface area (Å²) in [7, 11) is 0. The lowest BCUT2D eigenvalue weighted by Gasteiger charge is -2.30. The molecular weight excluding hydrogens is 468 g/mol. The van der Waals surface area contributed by atoms with E-state index >= 15 is 0 Å². The summed E-state index contributed by atoms with van der Waals surface area (Å²) >= 11 is 0. The van der Waals surface area contributed by atoms with Crippen LogP contribution in [0.4, 0.5) is 0 Å². The summed E-state index contributed by atoms with van der Waals surface area (Å²) in [5, 5.41) is 89.2. The number of rotatable bonds is 11. The maximum Gasteiger partial charge on any atom is 0.187 e. The first-order valence-electron chi connectivity index (χ1n) is 11.0. The molecule has 0 radical (unpaired) electrons. The highest BCUT2D eigenvalue weighted by Gasteiger charge is 2.52. The molecule has 3 saturated heterocycles. The van der Waals surface area contributed by atoms with Gasteiger partial charge in [0.1, 0.15) is 67.1 Å². The van der Waals surface area contributed by atoms with Crippen LogP contribution in [-0.4, -0.2) is 158 Å². The van der Waals surface area contributed by atoms with Crippen LogP contribution >= 0.6 is 0 Å². The van der Waals surface area contributed by atoms with Crippen LogP contribution in [0.2, 0.25) is 0 Å². The summed E-state index contributed by atoms with van der Waals surface area (Å²) in [5.41, 5.74) is 0. The minimum atomic E-state index is -1.61. The van der Waals surface area contributed by atoms with E-state index in [4.69, 9.17) is 33.5 Å². The lowest BCUT2D eigenvalue weighted by molar-refractivity contribution is -0.259. The van der Waals surface area contributed by atoms with Crippen LogP contribution in [0.25, 0.3) is 0 Å². The van der Waals surface area contributed by atoms with Gasteiger partial charge < -0.3 is 74.4 Å². The zero-order valence-electron chi connectivity index (χ0n) is 18.4. The number of ether oxygens (including phenoxy) is 6. The van der Waals surface area contributed by atoms with Crippen molar-refractivity contribution < 1.29 is 74.4 Å². The minimum Gasteiger partial charge on any atom is -0.394 e. The molecule has 3 heterocycles. The van der Waals surface area contributed by atoms with Gasteiger partial charge in [-0.3, -0.25) is 0 Å². The molecule has 0 aromatic carbocycles. The van der Waals surface area contributed by atoms with E-state index in [1.165, 1.54) is 0 Å². The van der Waals surface area contributed by atoms with Gasteiger partial charge in [-0.25, -0.2) is 0 Å². The van der Waals surface area contributed by atoms with Crippen molar-refractivity contribution in [1.82, 2.24) is 0 Å². The Balaban J connectivity index is 1.72. The van der Waals surface area contributed by atoms with Gasteiger partial charge in [-0.2, -0.15) is 0 Å². The maximum absolute atomic E-state index is 10.5. The highest BCUT2D eigenvalue weighted by atomic mass is 16.8. The normalized spacial score (nSPS) is 46.8. The van der Waals surface area contributed by atoms with Crippen molar-refractivity contribution in [1.29, 1.82) is 0 Å². The van der Waals surface area contributed by atoms with Gasteiger partial charge in [0.15, 0.2) is 18.9 Å². The SMILES string of the molecule is CCO[C@@H]1O[C@@H]([C@H](CO[C@@H]2O[C@@H]([C@@H](O)CO)[C@H](O)[C@H]2O)O[C@H]2O[C@H](CO)[C@@H](O)[C@@H]2O)[C@H](O)[C@H]1O. The Morgan fingerprint density at radius 2 is 1.26 bits per heavy atom. The second-order valence-electron chi connectivity index (χ2n) is 8.32. The smallest absolute Gasteiger partial charge is 0.187 e. The third-order valence-electron chi connectivity index (χ3n) is 6.01.